The minimum absolute atomic E-state index is 0.104. The normalized spacial score (nSPS) is 21.3. The molecule has 1 aromatic heterocycles. The highest BCUT2D eigenvalue weighted by atomic mass is 16.6. The Balaban J connectivity index is 2.05. The first-order valence-corrected chi connectivity index (χ1v) is 7.64. The van der Waals surface area contributed by atoms with Crippen LogP contribution in [-0.4, -0.2) is 51.2 Å². The van der Waals surface area contributed by atoms with Gasteiger partial charge in [-0.3, -0.25) is 4.68 Å². The van der Waals surface area contributed by atoms with Crippen LogP contribution in [0.5, 0.6) is 0 Å². The molecule has 0 bridgehead atoms. The summed E-state index contributed by atoms with van der Waals surface area (Å²) in [6.45, 7) is 5.72. The number of nitrogens with one attached hydrogen (secondary N) is 1. The van der Waals surface area contributed by atoms with E-state index < -0.39 is 23.7 Å². The molecule has 1 aromatic rings. The zero-order valence-corrected chi connectivity index (χ0v) is 13.9. The van der Waals surface area contributed by atoms with Crippen molar-refractivity contribution in [2.24, 2.45) is 7.05 Å². The molecule has 128 valence electrons. The van der Waals surface area contributed by atoms with Crippen LogP contribution in [0.3, 0.4) is 0 Å². The zero-order valence-electron chi connectivity index (χ0n) is 13.9. The van der Waals surface area contributed by atoms with E-state index in [1.807, 2.05) is 4.90 Å². The number of alkyl carbamates (subject to hydrolysis) is 1. The third-order valence-electron chi connectivity index (χ3n) is 3.66. The molecule has 2 heterocycles. The number of aromatic nitrogens is 2. The third kappa shape index (κ3) is 4.37. The predicted molar refractivity (Wildman–Crippen MR) is 84.4 cm³/mol. The second-order valence-corrected chi connectivity index (χ2v) is 6.75. The van der Waals surface area contributed by atoms with E-state index >= 15 is 0 Å². The lowest BCUT2D eigenvalue weighted by molar-refractivity contribution is -0.138. The van der Waals surface area contributed by atoms with E-state index in [0.717, 1.165) is 5.69 Å². The van der Waals surface area contributed by atoms with Gasteiger partial charge in [0, 0.05) is 25.8 Å². The number of carboxylic acids is 1. The monoisotopic (exact) mass is 324 g/mol. The quantitative estimate of drug-likeness (QED) is 0.868. The molecule has 0 saturated carbocycles. The number of carbonyl (C=O) groups excluding carboxylic acids is 1. The summed E-state index contributed by atoms with van der Waals surface area (Å²) >= 11 is 0. The summed E-state index contributed by atoms with van der Waals surface area (Å²) in [5, 5.41) is 16.2. The van der Waals surface area contributed by atoms with Crippen LogP contribution in [0.1, 0.15) is 33.6 Å². The van der Waals surface area contributed by atoms with Gasteiger partial charge in [0.1, 0.15) is 11.6 Å². The minimum Gasteiger partial charge on any atom is -0.480 e. The van der Waals surface area contributed by atoms with Crippen molar-refractivity contribution in [1.82, 2.24) is 15.1 Å². The van der Waals surface area contributed by atoms with Gasteiger partial charge in [0.25, 0.3) is 0 Å². The molecule has 2 N–H and O–H groups in total. The van der Waals surface area contributed by atoms with Gasteiger partial charge in [-0.1, -0.05) is 0 Å². The first-order chi connectivity index (χ1) is 10.7. The maximum atomic E-state index is 11.8. The Morgan fingerprint density at radius 1 is 1.43 bits per heavy atom. The minimum atomic E-state index is -0.867. The van der Waals surface area contributed by atoms with E-state index in [0.29, 0.717) is 19.4 Å². The largest absolute Gasteiger partial charge is 0.480 e. The number of ether oxygens (including phenoxy) is 1. The first-order valence-electron chi connectivity index (χ1n) is 7.64. The van der Waals surface area contributed by atoms with Crippen LogP contribution in [0.2, 0.25) is 0 Å². The van der Waals surface area contributed by atoms with Gasteiger partial charge in [-0.2, -0.15) is 5.10 Å². The van der Waals surface area contributed by atoms with Crippen LogP contribution in [0.4, 0.5) is 10.5 Å². The summed E-state index contributed by atoms with van der Waals surface area (Å²) in [6, 6.07) is -0.711. The number of anilines is 1. The van der Waals surface area contributed by atoms with E-state index in [9.17, 15) is 14.7 Å². The fourth-order valence-corrected chi connectivity index (χ4v) is 2.77. The number of hydrogen-bond donors (Lipinski definition) is 2. The Hall–Kier alpha value is -2.25. The number of carbonyl (C=O) groups is 2. The molecule has 0 aliphatic carbocycles. The standard InChI is InChI=1S/C15H24N4O4/c1-15(2,3)23-14(22)16-7-10-5-6-12(13(20)21)19(10)11-8-17-18(4)9-11/h8-10,12H,5-7H2,1-4H3,(H,16,22)(H,20,21). The van der Waals surface area contributed by atoms with Gasteiger partial charge < -0.3 is 20.1 Å². The summed E-state index contributed by atoms with van der Waals surface area (Å²) < 4.78 is 6.85. The van der Waals surface area contributed by atoms with Crippen molar-refractivity contribution < 1.29 is 19.4 Å². The maximum absolute atomic E-state index is 11.8. The van der Waals surface area contributed by atoms with E-state index in [1.165, 1.54) is 0 Å². The molecule has 1 saturated heterocycles. The van der Waals surface area contributed by atoms with Gasteiger partial charge >= 0.3 is 12.1 Å². The van der Waals surface area contributed by atoms with Gasteiger partial charge in [-0.15, -0.1) is 0 Å². The van der Waals surface area contributed by atoms with Gasteiger partial charge in [-0.25, -0.2) is 9.59 Å². The van der Waals surface area contributed by atoms with Crippen molar-refractivity contribution >= 4 is 17.7 Å². The predicted octanol–water partition coefficient (Wildman–Crippen LogP) is 1.37. The number of nitrogens with zero attached hydrogens (tertiary/aromatic N) is 3. The topological polar surface area (TPSA) is 96.7 Å². The van der Waals surface area contributed by atoms with Crippen LogP contribution in [0.25, 0.3) is 0 Å². The highest BCUT2D eigenvalue weighted by Crippen LogP contribution is 2.30. The Kier molecular flexibility index (Phi) is 4.82. The van der Waals surface area contributed by atoms with E-state index in [-0.39, 0.29) is 6.04 Å². The molecular weight excluding hydrogens is 300 g/mol. The van der Waals surface area contributed by atoms with E-state index in [4.69, 9.17) is 4.74 Å². The molecule has 0 aromatic carbocycles. The molecule has 8 heteroatoms. The Morgan fingerprint density at radius 2 is 2.13 bits per heavy atom. The van der Waals surface area contributed by atoms with E-state index in [1.54, 1.807) is 44.9 Å². The average Bonchev–Trinajstić information content (AvgIpc) is 2.99. The first kappa shape index (κ1) is 17.1. The van der Waals surface area contributed by atoms with Gasteiger partial charge in [-0.05, 0) is 33.6 Å². The van der Waals surface area contributed by atoms with Crippen molar-refractivity contribution in [2.45, 2.75) is 51.3 Å². The summed E-state index contributed by atoms with van der Waals surface area (Å²) in [7, 11) is 1.78. The average molecular weight is 324 g/mol. The zero-order chi connectivity index (χ0) is 17.2. The Labute approximate surface area is 135 Å². The molecule has 1 aliphatic rings. The number of rotatable bonds is 4. The lowest BCUT2D eigenvalue weighted by Gasteiger charge is -2.29. The molecule has 23 heavy (non-hydrogen) atoms. The van der Waals surface area contributed by atoms with Crippen molar-refractivity contribution in [3.8, 4) is 0 Å². The van der Waals surface area contributed by atoms with Crippen molar-refractivity contribution in [3.63, 3.8) is 0 Å². The number of amides is 1. The van der Waals surface area contributed by atoms with Gasteiger partial charge in [0.05, 0.1) is 11.9 Å². The number of hydrogen-bond acceptors (Lipinski definition) is 5. The van der Waals surface area contributed by atoms with Crippen LogP contribution in [0, 0.1) is 0 Å². The summed E-state index contributed by atoms with van der Waals surface area (Å²) in [5.74, 6) is -0.867. The summed E-state index contributed by atoms with van der Waals surface area (Å²) in [6.07, 6.45) is 4.14. The lowest BCUT2D eigenvalue weighted by atomic mass is 10.2. The number of carboxylic acid groups (broad SMARTS) is 1. The molecule has 1 aliphatic heterocycles. The molecular formula is C15H24N4O4. The maximum Gasteiger partial charge on any atom is 0.407 e. The molecule has 2 atom stereocenters. The molecule has 0 spiro atoms. The third-order valence-corrected chi connectivity index (χ3v) is 3.66. The van der Waals surface area contributed by atoms with Crippen LogP contribution >= 0.6 is 0 Å². The van der Waals surface area contributed by atoms with E-state index in [2.05, 4.69) is 10.4 Å². The van der Waals surface area contributed by atoms with Crippen molar-refractivity contribution in [2.75, 3.05) is 11.4 Å². The van der Waals surface area contributed by atoms with Crippen LogP contribution in [0.15, 0.2) is 12.4 Å². The Bertz CT molecular complexity index is 578. The Morgan fingerprint density at radius 3 is 2.65 bits per heavy atom. The molecule has 2 rings (SSSR count). The molecule has 1 fully saturated rings. The smallest absolute Gasteiger partial charge is 0.407 e. The molecule has 8 nitrogen and oxygen atoms in total. The number of aliphatic carboxylic acids is 1. The van der Waals surface area contributed by atoms with Crippen LogP contribution in [-0.2, 0) is 16.6 Å². The highest BCUT2D eigenvalue weighted by molar-refractivity contribution is 5.79. The van der Waals surface area contributed by atoms with Crippen molar-refractivity contribution in [1.29, 1.82) is 0 Å². The highest BCUT2D eigenvalue weighted by Gasteiger charge is 2.38. The molecule has 2 unspecified atom stereocenters. The SMILES string of the molecule is Cn1cc(N2C(CNC(=O)OC(C)(C)C)CCC2C(=O)O)cn1. The molecule has 0 radical (unpaired) electrons. The lowest BCUT2D eigenvalue weighted by Crippen LogP contribution is -2.46. The second-order valence-electron chi connectivity index (χ2n) is 6.75. The number of aryl methyl sites for hydroxylation is 1. The van der Waals surface area contributed by atoms with Crippen molar-refractivity contribution in [3.05, 3.63) is 12.4 Å². The van der Waals surface area contributed by atoms with Gasteiger partial charge in [0.2, 0.25) is 0 Å². The second kappa shape index (κ2) is 6.47. The fraction of sp³-hybridized carbons (Fsp3) is 0.667. The van der Waals surface area contributed by atoms with Gasteiger partial charge in [0.15, 0.2) is 0 Å². The summed E-state index contributed by atoms with van der Waals surface area (Å²) in [4.78, 5) is 25.1. The summed E-state index contributed by atoms with van der Waals surface area (Å²) in [5.41, 5.74) is 0.181. The molecule has 1 amide bonds. The fourth-order valence-electron chi connectivity index (χ4n) is 2.77. The van der Waals surface area contributed by atoms with Crippen LogP contribution < -0.4 is 10.2 Å².